The van der Waals surface area contributed by atoms with Crippen LogP contribution in [-0.2, 0) is 0 Å². The van der Waals surface area contributed by atoms with Crippen molar-refractivity contribution < 1.29 is 9.47 Å². The van der Waals surface area contributed by atoms with Gasteiger partial charge in [0.1, 0.15) is 0 Å². The fourth-order valence-electron chi connectivity index (χ4n) is 3.65. The molecule has 3 heteroatoms. The summed E-state index contributed by atoms with van der Waals surface area (Å²) in [5, 5.41) is 0. The lowest BCUT2D eigenvalue weighted by atomic mass is 9.58. The van der Waals surface area contributed by atoms with Gasteiger partial charge in [0.15, 0.2) is 11.5 Å². The van der Waals surface area contributed by atoms with Gasteiger partial charge in [-0.15, -0.1) is 0 Å². The summed E-state index contributed by atoms with van der Waals surface area (Å²) < 4.78 is 12.2. The minimum Gasteiger partial charge on any atom is -0.448 e. The summed E-state index contributed by atoms with van der Waals surface area (Å²) >= 11 is 0. The Morgan fingerprint density at radius 2 is 1.57 bits per heavy atom. The quantitative estimate of drug-likeness (QED) is 0.699. The fraction of sp³-hybridized carbons (Fsp3) is 0.611. The first-order valence-electron chi connectivity index (χ1n) is 7.70. The molecule has 0 bridgehead atoms. The molecule has 3 rings (SSSR count). The molecular formula is C18H23NO2. The van der Waals surface area contributed by atoms with Gasteiger partial charge in [-0.3, -0.25) is 0 Å². The van der Waals surface area contributed by atoms with E-state index >= 15 is 0 Å². The third kappa shape index (κ3) is 2.27. The molecule has 1 aliphatic carbocycles. The molecule has 1 aliphatic heterocycles. The highest BCUT2D eigenvalue weighted by Crippen LogP contribution is 2.55. The molecule has 0 N–H and O–H groups in total. The average molecular weight is 285 g/mol. The van der Waals surface area contributed by atoms with Crippen molar-refractivity contribution in [3.63, 3.8) is 0 Å². The van der Waals surface area contributed by atoms with E-state index in [9.17, 15) is 0 Å². The highest BCUT2D eigenvalue weighted by atomic mass is 16.7. The molecule has 1 saturated carbocycles. The first-order valence-corrected chi connectivity index (χ1v) is 7.70. The molecule has 1 aromatic rings. The largest absolute Gasteiger partial charge is 0.448 e. The number of fused-ring (bicyclic) bond motifs is 1. The first-order chi connectivity index (χ1) is 9.90. The van der Waals surface area contributed by atoms with Gasteiger partial charge in [0.25, 0.3) is 5.79 Å². The molecule has 3 nitrogen and oxygen atoms in total. The van der Waals surface area contributed by atoms with Crippen LogP contribution in [0.15, 0.2) is 24.3 Å². The molecule has 1 spiro atoms. The summed E-state index contributed by atoms with van der Waals surface area (Å²) in [6.07, 6.45) is 3.67. The topological polar surface area (TPSA) is 22.8 Å². The van der Waals surface area contributed by atoms with E-state index in [2.05, 4.69) is 25.6 Å². The van der Waals surface area contributed by atoms with Crippen LogP contribution in [0.4, 0.5) is 0 Å². The van der Waals surface area contributed by atoms with Crippen molar-refractivity contribution in [2.24, 2.45) is 10.8 Å². The number of ether oxygens (including phenoxy) is 2. The summed E-state index contributed by atoms with van der Waals surface area (Å²) in [6.45, 7) is 14.7. The molecule has 1 heterocycles. The zero-order valence-corrected chi connectivity index (χ0v) is 13.1. The maximum atomic E-state index is 7.31. The van der Waals surface area contributed by atoms with Crippen molar-refractivity contribution in [2.75, 3.05) is 6.54 Å². The summed E-state index contributed by atoms with van der Waals surface area (Å²) in [5.74, 6) is 1.21. The van der Waals surface area contributed by atoms with Crippen molar-refractivity contribution >= 4 is 0 Å². The Kier molecular flexibility index (Phi) is 3.16. The summed E-state index contributed by atoms with van der Waals surface area (Å²) in [7, 11) is 0. The van der Waals surface area contributed by atoms with E-state index in [1.54, 1.807) is 0 Å². The lowest BCUT2D eigenvalue weighted by Crippen LogP contribution is -2.50. The zero-order valence-electron chi connectivity index (χ0n) is 13.1. The van der Waals surface area contributed by atoms with E-state index < -0.39 is 5.79 Å². The highest BCUT2D eigenvalue weighted by Gasteiger charge is 2.54. The molecule has 1 fully saturated rings. The molecule has 0 saturated heterocycles. The van der Waals surface area contributed by atoms with Crippen molar-refractivity contribution in [2.45, 2.75) is 52.2 Å². The fourth-order valence-corrected chi connectivity index (χ4v) is 3.65. The van der Waals surface area contributed by atoms with E-state index in [-0.39, 0.29) is 10.8 Å². The minimum absolute atomic E-state index is 0.0709. The van der Waals surface area contributed by atoms with E-state index in [1.807, 2.05) is 24.3 Å². The predicted octanol–water partition coefficient (Wildman–Crippen LogP) is 4.68. The number of nitrogens with zero attached hydrogens (tertiary/aromatic N) is 1. The van der Waals surface area contributed by atoms with Gasteiger partial charge in [0.05, 0.1) is 0 Å². The molecule has 0 amide bonds. The van der Waals surface area contributed by atoms with E-state index in [4.69, 9.17) is 16.0 Å². The second kappa shape index (κ2) is 4.66. The van der Waals surface area contributed by atoms with Crippen molar-refractivity contribution in [3.8, 4) is 11.5 Å². The lowest BCUT2D eigenvalue weighted by Gasteiger charge is -2.47. The van der Waals surface area contributed by atoms with Crippen molar-refractivity contribution in [3.05, 3.63) is 35.7 Å². The Hall–Kier alpha value is -1.69. The molecular weight excluding hydrogens is 262 g/mol. The van der Waals surface area contributed by atoms with Crippen LogP contribution in [0.2, 0.25) is 0 Å². The summed E-state index contributed by atoms with van der Waals surface area (Å²) in [5.41, 5.74) is 0.201. The van der Waals surface area contributed by atoms with Gasteiger partial charge in [0.2, 0.25) is 6.54 Å². The number of benzene rings is 1. The first kappa shape index (κ1) is 14.3. The second-order valence-electron chi connectivity index (χ2n) is 7.41. The van der Waals surface area contributed by atoms with E-state index in [1.165, 1.54) is 0 Å². The number of hydrogen-bond donors (Lipinski definition) is 0. The lowest BCUT2D eigenvalue weighted by molar-refractivity contribution is -0.140. The van der Waals surface area contributed by atoms with Gasteiger partial charge in [0, 0.05) is 18.3 Å². The van der Waals surface area contributed by atoms with Crippen LogP contribution in [-0.4, -0.2) is 12.3 Å². The molecule has 112 valence electrons. The van der Waals surface area contributed by atoms with Gasteiger partial charge < -0.3 is 14.3 Å². The van der Waals surface area contributed by atoms with Gasteiger partial charge in [-0.25, -0.2) is 6.57 Å². The molecule has 2 aliphatic rings. The van der Waals surface area contributed by atoms with Crippen LogP contribution >= 0.6 is 0 Å². The van der Waals surface area contributed by atoms with Gasteiger partial charge in [-0.2, -0.15) is 0 Å². The van der Waals surface area contributed by atoms with Crippen LogP contribution < -0.4 is 9.47 Å². The number of rotatable bonds is 1. The molecule has 0 radical (unpaired) electrons. The van der Waals surface area contributed by atoms with Crippen molar-refractivity contribution in [1.29, 1.82) is 0 Å². The van der Waals surface area contributed by atoms with Gasteiger partial charge in [-0.1, -0.05) is 32.9 Å². The standard InChI is InChI=1S/C18H23NO2/c1-16(2,3)17(13-19-4)9-11-18(12-10-17)20-14-7-5-6-8-15(14)21-18/h5-8H,9-13H2,1-3H3. The zero-order chi connectivity index (χ0) is 15.1. The second-order valence-corrected chi connectivity index (χ2v) is 7.41. The average Bonchev–Trinajstić information content (AvgIpc) is 2.79. The SMILES string of the molecule is [C-]#[N+]CC1(C(C)(C)C)CCC2(CC1)Oc1ccccc1O2. The number of hydrogen-bond acceptors (Lipinski definition) is 2. The molecule has 21 heavy (non-hydrogen) atoms. The Balaban J connectivity index is 1.78. The minimum atomic E-state index is -0.500. The number of para-hydroxylation sites is 2. The smallest absolute Gasteiger partial charge is 0.251 e. The molecule has 0 unspecified atom stereocenters. The Morgan fingerprint density at radius 3 is 2.00 bits per heavy atom. The summed E-state index contributed by atoms with van der Waals surface area (Å²) in [6, 6.07) is 7.88. The van der Waals surface area contributed by atoms with Gasteiger partial charge in [-0.05, 0) is 30.4 Å². The van der Waals surface area contributed by atoms with Gasteiger partial charge >= 0.3 is 0 Å². The Morgan fingerprint density at radius 1 is 1.05 bits per heavy atom. The third-order valence-corrected chi connectivity index (χ3v) is 5.38. The highest BCUT2D eigenvalue weighted by molar-refractivity contribution is 5.43. The van der Waals surface area contributed by atoms with Crippen molar-refractivity contribution in [1.82, 2.24) is 0 Å². The Bertz CT molecular complexity index is 545. The summed E-state index contributed by atoms with van der Waals surface area (Å²) in [4.78, 5) is 3.72. The van der Waals surface area contributed by atoms with Crippen LogP contribution in [0.5, 0.6) is 11.5 Å². The maximum absolute atomic E-state index is 7.31. The molecule has 1 aromatic carbocycles. The maximum Gasteiger partial charge on any atom is 0.251 e. The van der Waals surface area contributed by atoms with E-state index in [0.717, 1.165) is 37.2 Å². The van der Waals surface area contributed by atoms with Crippen LogP contribution in [0.1, 0.15) is 46.5 Å². The molecule has 0 aromatic heterocycles. The van der Waals surface area contributed by atoms with Crippen LogP contribution in [0, 0.1) is 17.4 Å². The Labute approximate surface area is 127 Å². The normalized spacial score (nSPS) is 22.0. The molecule has 0 atom stereocenters. The van der Waals surface area contributed by atoms with E-state index in [0.29, 0.717) is 6.54 Å². The predicted molar refractivity (Wildman–Crippen MR) is 82.3 cm³/mol. The van der Waals surface area contributed by atoms with Crippen LogP contribution in [0.3, 0.4) is 0 Å². The van der Waals surface area contributed by atoms with Crippen LogP contribution in [0.25, 0.3) is 4.85 Å². The monoisotopic (exact) mass is 285 g/mol. The third-order valence-electron chi connectivity index (χ3n) is 5.38.